The van der Waals surface area contributed by atoms with Crippen LogP contribution in [-0.4, -0.2) is 51.2 Å². The van der Waals surface area contributed by atoms with Crippen molar-refractivity contribution in [3.8, 4) is 5.88 Å². The number of carbonyl (C=O) groups is 1. The molecule has 176 valence electrons. The summed E-state index contributed by atoms with van der Waals surface area (Å²) >= 11 is 5.98. The van der Waals surface area contributed by atoms with Crippen LogP contribution >= 0.6 is 11.6 Å². The van der Waals surface area contributed by atoms with Gasteiger partial charge in [-0.2, -0.15) is 13.2 Å². The fraction of sp³-hybridized carbons (Fsp3) is 0.522. The van der Waals surface area contributed by atoms with Crippen molar-refractivity contribution < 1.29 is 22.7 Å². The molecule has 1 aromatic heterocycles. The van der Waals surface area contributed by atoms with Gasteiger partial charge in [-0.05, 0) is 43.7 Å². The average molecular weight is 481 g/mol. The third-order valence-electron chi connectivity index (χ3n) is 6.63. The molecule has 33 heavy (non-hydrogen) atoms. The molecule has 2 aliphatic heterocycles. The van der Waals surface area contributed by atoms with Crippen LogP contribution in [0.3, 0.4) is 0 Å². The van der Waals surface area contributed by atoms with Crippen LogP contribution in [0.1, 0.15) is 54.8 Å². The number of amides is 1. The van der Waals surface area contributed by atoms with Crippen LogP contribution in [0, 0.1) is 0 Å². The van der Waals surface area contributed by atoms with Gasteiger partial charge in [0.05, 0.1) is 41.8 Å². The largest absolute Gasteiger partial charge is 0.457 e. The molecule has 6 nitrogen and oxygen atoms in total. The average Bonchev–Trinajstić information content (AvgIpc) is 3.56. The van der Waals surface area contributed by atoms with E-state index in [9.17, 15) is 18.0 Å². The predicted molar refractivity (Wildman–Crippen MR) is 115 cm³/mol. The Balaban J connectivity index is 1.23. The van der Waals surface area contributed by atoms with Crippen LogP contribution in [0.4, 0.5) is 13.2 Å². The first-order valence-electron chi connectivity index (χ1n) is 11.2. The number of alkyl halides is 3. The maximum Gasteiger partial charge on any atom is 0.417 e. The summed E-state index contributed by atoms with van der Waals surface area (Å²) < 4.78 is 45.5. The summed E-state index contributed by atoms with van der Waals surface area (Å²) in [4.78, 5) is 25.6. The molecule has 3 aliphatic rings. The molecule has 5 rings (SSSR count). The topological polar surface area (TPSA) is 58.6 Å². The highest BCUT2D eigenvalue weighted by molar-refractivity contribution is 6.32. The molecule has 3 heterocycles. The van der Waals surface area contributed by atoms with Gasteiger partial charge in [0.1, 0.15) is 0 Å². The Hall–Kier alpha value is -2.39. The van der Waals surface area contributed by atoms with Gasteiger partial charge in [-0.3, -0.25) is 9.78 Å². The lowest BCUT2D eigenvalue weighted by molar-refractivity contribution is -0.139. The lowest BCUT2D eigenvalue weighted by Crippen LogP contribution is -2.53. The summed E-state index contributed by atoms with van der Waals surface area (Å²) in [5.41, 5.74) is 0.253. The van der Waals surface area contributed by atoms with Crippen molar-refractivity contribution in [2.45, 2.75) is 62.9 Å². The Bertz CT molecular complexity index is 1030. The minimum Gasteiger partial charge on any atom is -0.457 e. The maximum atomic E-state index is 13.1. The number of hydrogen-bond acceptors (Lipinski definition) is 5. The van der Waals surface area contributed by atoms with E-state index in [0.717, 1.165) is 43.9 Å². The number of rotatable bonds is 5. The van der Waals surface area contributed by atoms with Gasteiger partial charge in [0, 0.05) is 18.5 Å². The minimum atomic E-state index is -4.56. The van der Waals surface area contributed by atoms with Crippen LogP contribution < -0.4 is 4.74 Å². The van der Waals surface area contributed by atoms with E-state index >= 15 is 0 Å². The number of halogens is 4. The van der Waals surface area contributed by atoms with E-state index in [-0.39, 0.29) is 24.1 Å². The Morgan fingerprint density at radius 2 is 1.94 bits per heavy atom. The van der Waals surface area contributed by atoms with Crippen molar-refractivity contribution in [3.63, 3.8) is 0 Å². The molecule has 1 saturated carbocycles. The van der Waals surface area contributed by atoms with Crippen LogP contribution in [0.5, 0.6) is 5.88 Å². The predicted octanol–water partition coefficient (Wildman–Crippen LogP) is 4.63. The van der Waals surface area contributed by atoms with Crippen LogP contribution in [0.15, 0.2) is 30.6 Å². The molecule has 1 aromatic carbocycles. The Morgan fingerprint density at radius 1 is 1.12 bits per heavy atom. The zero-order chi connectivity index (χ0) is 23.2. The monoisotopic (exact) mass is 480 g/mol. The SMILES string of the molecule is O=C(Cc1cccc(C(F)(F)F)c1Cl)N1CC[C@@H]2CC[C@H](Oc3cnc(C4CC4)cn3)N2C1. The smallest absolute Gasteiger partial charge is 0.417 e. The summed E-state index contributed by atoms with van der Waals surface area (Å²) in [6.45, 7) is 0.914. The molecule has 2 atom stereocenters. The fourth-order valence-corrected chi connectivity index (χ4v) is 4.95. The van der Waals surface area contributed by atoms with Gasteiger partial charge in [0.25, 0.3) is 0 Å². The van der Waals surface area contributed by atoms with Crippen molar-refractivity contribution in [3.05, 3.63) is 52.4 Å². The van der Waals surface area contributed by atoms with E-state index in [1.54, 1.807) is 17.3 Å². The summed E-state index contributed by atoms with van der Waals surface area (Å²) in [5, 5.41) is -0.413. The van der Waals surface area contributed by atoms with Gasteiger partial charge in [-0.15, -0.1) is 0 Å². The van der Waals surface area contributed by atoms with E-state index in [1.807, 2.05) is 0 Å². The molecule has 0 N–H and O–H groups in total. The second-order valence-electron chi connectivity index (χ2n) is 8.91. The third-order valence-corrected chi connectivity index (χ3v) is 7.08. The lowest BCUT2D eigenvalue weighted by atomic mass is 10.1. The van der Waals surface area contributed by atoms with Gasteiger partial charge in [0.2, 0.25) is 11.8 Å². The molecule has 0 radical (unpaired) electrons. The first-order chi connectivity index (χ1) is 15.8. The van der Waals surface area contributed by atoms with Crippen molar-refractivity contribution in [2.24, 2.45) is 0 Å². The summed E-state index contributed by atoms with van der Waals surface area (Å²) in [5.74, 6) is 0.729. The molecule has 2 saturated heterocycles. The number of nitrogens with zero attached hydrogens (tertiary/aromatic N) is 4. The Morgan fingerprint density at radius 3 is 2.64 bits per heavy atom. The molecule has 1 amide bonds. The van der Waals surface area contributed by atoms with Crippen molar-refractivity contribution in [1.82, 2.24) is 19.8 Å². The maximum absolute atomic E-state index is 13.1. The van der Waals surface area contributed by atoms with Crippen molar-refractivity contribution in [1.29, 1.82) is 0 Å². The molecule has 2 aromatic rings. The standard InChI is InChI=1S/C23H24ClF3N4O2/c24-22-15(2-1-3-17(22)23(25,26)27)10-20(32)30-9-8-16-6-7-21(31(16)13-30)33-19-12-28-18(11-29-19)14-4-5-14/h1-3,11-12,14,16,21H,4-10,13H2/t16-,21-/m0/s1. The molecular weight excluding hydrogens is 457 g/mol. The number of fused-ring (bicyclic) bond motifs is 1. The first kappa shape index (κ1) is 22.4. The Labute approximate surface area is 194 Å². The normalized spacial score (nSPS) is 23.5. The number of hydrogen-bond donors (Lipinski definition) is 0. The van der Waals surface area contributed by atoms with Crippen molar-refractivity contribution in [2.75, 3.05) is 13.2 Å². The van der Waals surface area contributed by atoms with E-state index < -0.39 is 16.8 Å². The molecule has 1 aliphatic carbocycles. The number of aromatic nitrogens is 2. The van der Waals surface area contributed by atoms with E-state index in [1.165, 1.54) is 12.1 Å². The molecule has 3 fully saturated rings. The van der Waals surface area contributed by atoms with Crippen LogP contribution in [0.25, 0.3) is 0 Å². The van der Waals surface area contributed by atoms with Gasteiger partial charge >= 0.3 is 6.18 Å². The summed E-state index contributed by atoms with van der Waals surface area (Å²) in [6, 6.07) is 3.97. The number of benzene rings is 1. The van der Waals surface area contributed by atoms with E-state index in [2.05, 4.69) is 14.9 Å². The number of ether oxygens (including phenoxy) is 1. The van der Waals surface area contributed by atoms with E-state index in [0.29, 0.717) is 31.1 Å². The van der Waals surface area contributed by atoms with Crippen LogP contribution in [-0.2, 0) is 17.4 Å². The Kier molecular flexibility index (Phi) is 5.95. The second kappa shape index (κ2) is 8.76. The highest BCUT2D eigenvalue weighted by Crippen LogP contribution is 2.39. The lowest BCUT2D eigenvalue weighted by Gasteiger charge is -2.40. The zero-order valence-corrected chi connectivity index (χ0v) is 18.6. The van der Waals surface area contributed by atoms with E-state index in [4.69, 9.17) is 16.3 Å². The third kappa shape index (κ3) is 4.80. The first-order valence-corrected chi connectivity index (χ1v) is 11.5. The molecule has 10 heteroatoms. The van der Waals surface area contributed by atoms with Gasteiger partial charge in [-0.1, -0.05) is 23.7 Å². The highest BCUT2D eigenvalue weighted by atomic mass is 35.5. The quantitative estimate of drug-likeness (QED) is 0.624. The minimum absolute atomic E-state index is 0.180. The zero-order valence-electron chi connectivity index (χ0n) is 17.9. The fourth-order valence-electron chi connectivity index (χ4n) is 4.65. The molecule has 0 bridgehead atoms. The number of carbonyl (C=O) groups excluding carboxylic acids is 1. The molecule has 0 spiro atoms. The van der Waals surface area contributed by atoms with Crippen LogP contribution in [0.2, 0.25) is 5.02 Å². The van der Waals surface area contributed by atoms with Gasteiger partial charge in [-0.25, -0.2) is 9.88 Å². The summed E-state index contributed by atoms with van der Waals surface area (Å²) in [7, 11) is 0. The molecular formula is C23H24ClF3N4O2. The van der Waals surface area contributed by atoms with Crippen molar-refractivity contribution >= 4 is 17.5 Å². The molecule has 0 unspecified atom stereocenters. The highest BCUT2D eigenvalue weighted by Gasteiger charge is 2.40. The second-order valence-corrected chi connectivity index (χ2v) is 9.29. The summed E-state index contributed by atoms with van der Waals surface area (Å²) in [6.07, 6.45) is 3.34. The van der Waals surface area contributed by atoms with Gasteiger partial charge < -0.3 is 9.64 Å². The van der Waals surface area contributed by atoms with Gasteiger partial charge in [0.15, 0.2) is 6.23 Å².